The average molecular weight is 560 g/mol. The molecule has 1 fully saturated rings. The lowest BCUT2D eigenvalue weighted by Gasteiger charge is -2.39. The van der Waals surface area contributed by atoms with Crippen LogP contribution in [0.4, 0.5) is 4.79 Å². The van der Waals surface area contributed by atoms with E-state index in [1.807, 2.05) is 56.3 Å². The van der Waals surface area contributed by atoms with E-state index in [2.05, 4.69) is 16.6 Å². The maximum Gasteiger partial charge on any atom is 0.408 e. The van der Waals surface area contributed by atoms with Crippen molar-refractivity contribution in [1.29, 1.82) is 0 Å². The molecule has 3 amide bonds. The van der Waals surface area contributed by atoms with Gasteiger partial charge in [0.05, 0.1) is 0 Å². The molecule has 41 heavy (non-hydrogen) atoms. The van der Waals surface area contributed by atoms with Crippen LogP contribution in [0.15, 0.2) is 54.6 Å². The van der Waals surface area contributed by atoms with Crippen molar-refractivity contribution in [3.05, 3.63) is 71.3 Å². The predicted octanol–water partition coefficient (Wildman–Crippen LogP) is 5.92. The number of hydrogen-bond donors (Lipinski definition) is 2. The van der Waals surface area contributed by atoms with Crippen molar-refractivity contribution in [2.24, 2.45) is 0 Å². The second-order valence-corrected chi connectivity index (χ2v) is 11.9. The Bertz CT molecular complexity index is 1190. The third-order valence-electron chi connectivity index (χ3n) is 7.46. The van der Waals surface area contributed by atoms with Crippen molar-refractivity contribution >= 4 is 17.9 Å². The summed E-state index contributed by atoms with van der Waals surface area (Å²) in [6, 6.07) is 14.6. The largest absolute Gasteiger partial charge is 0.444 e. The molecule has 0 aromatic heterocycles. The van der Waals surface area contributed by atoms with E-state index in [9.17, 15) is 14.4 Å². The van der Waals surface area contributed by atoms with Crippen molar-refractivity contribution in [3.63, 3.8) is 0 Å². The van der Waals surface area contributed by atoms with Gasteiger partial charge in [-0.1, -0.05) is 74.6 Å². The number of carbonyl (C=O) groups is 3. The number of ether oxygens (including phenoxy) is 1. The van der Waals surface area contributed by atoms with E-state index >= 15 is 0 Å². The Labute approximate surface area is 245 Å². The molecule has 1 saturated carbocycles. The van der Waals surface area contributed by atoms with Gasteiger partial charge in [-0.3, -0.25) is 9.59 Å². The monoisotopic (exact) mass is 559 g/mol. The molecule has 2 N–H and O–H groups in total. The van der Waals surface area contributed by atoms with Gasteiger partial charge in [0.25, 0.3) is 0 Å². The second-order valence-electron chi connectivity index (χ2n) is 11.9. The van der Waals surface area contributed by atoms with Crippen LogP contribution in [-0.4, -0.2) is 46.5 Å². The van der Waals surface area contributed by atoms with Gasteiger partial charge in [0, 0.05) is 24.1 Å². The van der Waals surface area contributed by atoms with Crippen LogP contribution in [-0.2, 0) is 20.7 Å². The predicted molar refractivity (Wildman–Crippen MR) is 162 cm³/mol. The molecule has 7 nitrogen and oxygen atoms in total. The van der Waals surface area contributed by atoms with E-state index in [0.717, 1.165) is 31.2 Å². The highest BCUT2D eigenvalue weighted by Gasteiger charge is 2.39. The summed E-state index contributed by atoms with van der Waals surface area (Å²) in [7, 11) is 0. The minimum absolute atomic E-state index is 0.0672. The Morgan fingerprint density at radius 1 is 1.02 bits per heavy atom. The molecule has 7 heteroatoms. The van der Waals surface area contributed by atoms with Gasteiger partial charge in [0.1, 0.15) is 17.7 Å². The van der Waals surface area contributed by atoms with E-state index in [1.54, 1.807) is 37.8 Å². The molecular weight excluding hydrogens is 514 g/mol. The molecule has 3 unspecified atom stereocenters. The van der Waals surface area contributed by atoms with Crippen molar-refractivity contribution in [3.8, 4) is 12.3 Å². The van der Waals surface area contributed by atoms with Crippen LogP contribution in [0.25, 0.3) is 0 Å². The van der Waals surface area contributed by atoms with Crippen LogP contribution in [0, 0.1) is 12.3 Å². The van der Waals surface area contributed by atoms with Gasteiger partial charge in [-0.05, 0) is 70.2 Å². The number of benzene rings is 2. The van der Waals surface area contributed by atoms with Crippen molar-refractivity contribution in [2.75, 3.05) is 0 Å². The number of alkyl carbamates (subject to hydrolysis) is 1. The fourth-order valence-corrected chi connectivity index (χ4v) is 5.20. The molecule has 0 saturated heterocycles. The SMILES string of the molecule is C#Cc1ccc(C(C(=O)NC2CCCCC2)N(C(=O)C(Cc2ccccc2)NC(=O)OC(C)(C)C)C(C)CC)cc1. The fourth-order valence-electron chi connectivity index (χ4n) is 5.20. The van der Waals surface area contributed by atoms with Crippen LogP contribution in [0.3, 0.4) is 0 Å². The van der Waals surface area contributed by atoms with Gasteiger partial charge < -0.3 is 20.3 Å². The molecule has 0 radical (unpaired) electrons. The third kappa shape index (κ3) is 9.38. The lowest BCUT2D eigenvalue weighted by molar-refractivity contribution is -0.145. The first-order valence-electron chi connectivity index (χ1n) is 14.7. The van der Waals surface area contributed by atoms with E-state index < -0.39 is 23.8 Å². The Morgan fingerprint density at radius 2 is 1.66 bits per heavy atom. The van der Waals surface area contributed by atoms with Gasteiger partial charge in [-0.15, -0.1) is 6.42 Å². The first-order chi connectivity index (χ1) is 19.5. The third-order valence-corrected chi connectivity index (χ3v) is 7.46. The van der Waals surface area contributed by atoms with E-state index in [0.29, 0.717) is 17.5 Å². The highest BCUT2D eigenvalue weighted by atomic mass is 16.6. The zero-order valence-corrected chi connectivity index (χ0v) is 25.1. The number of carbonyl (C=O) groups excluding carboxylic acids is 3. The molecule has 0 heterocycles. The van der Waals surface area contributed by atoms with Crippen molar-refractivity contribution in [2.45, 2.75) is 109 Å². The zero-order chi connectivity index (χ0) is 30.0. The van der Waals surface area contributed by atoms with Crippen LogP contribution in [0.1, 0.15) is 95.9 Å². The Morgan fingerprint density at radius 3 is 2.22 bits per heavy atom. The Kier molecular flexibility index (Phi) is 11.4. The maximum atomic E-state index is 14.5. The molecule has 0 aliphatic heterocycles. The topological polar surface area (TPSA) is 87.7 Å². The summed E-state index contributed by atoms with van der Waals surface area (Å²) in [5.41, 5.74) is 1.51. The molecule has 0 spiro atoms. The lowest BCUT2D eigenvalue weighted by Crippen LogP contribution is -2.56. The second kappa shape index (κ2) is 14.7. The summed E-state index contributed by atoms with van der Waals surface area (Å²) in [5, 5.41) is 6.05. The molecule has 2 aromatic rings. The van der Waals surface area contributed by atoms with Crippen LogP contribution in [0.2, 0.25) is 0 Å². The summed E-state index contributed by atoms with van der Waals surface area (Å²) < 4.78 is 5.52. The summed E-state index contributed by atoms with van der Waals surface area (Å²) in [6.45, 7) is 9.24. The van der Waals surface area contributed by atoms with E-state index in [1.165, 1.54) is 6.42 Å². The minimum Gasteiger partial charge on any atom is -0.444 e. The van der Waals surface area contributed by atoms with Crippen LogP contribution < -0.4 is 10.6 Å². The molecule has 3 atom stereocenters. The van der Waals surface area contributed by atoms with Crippen molar-refractivity contribution in [1.82, 2.24) is 15.5 Å². The number of hydrogen-bond acceptors (Lipinski definition) is 4. The molecule has 220 valence electrons. The standard InChI is InChI=1S/C34H45N3O4/c1-7-24(3)37(32(39)29(23-26-15-11-9-12-16-26)36-33(40)41-34(4,5)6)30(27-21-19-25(8-2)20-22-27)31(38)35-28-17-13-10-14-18-28/h2,9,11-12,15-16,19-22,24,28-30H,7,10,13-14,17-18,23H2,1,3-6H3,(H,35,38)(H,36,40). The summed E-state index contributed by atoms with van der Waals surface area (Å²) >= 11 is 0. The molecule has 1 aliphatic rings. The smallest absolute Gasteiger partial charge is 0.408 e. The summed E-state index contributed by atoms with van der Waals surface area (Å²) in [6.07, 6.45) is 10.9. The van der Waals surface area contributed by atoms with E-state index in [-0.39, 0.29) is 30.3 Å². The quantitative estimate of drug-likeness (QED) is 0.354. The summed E-state index contributed by atoms with van der Waals surface area (Å²) in [5.74, 6) is 2.04. The van der Waals surface area contributed by atoms with Gasteiger partial charge >= 0.3 is 6.09 Å². The Balaban J connectivity index is 2.04. The maximum absolute atomic E-state index is 14.5. The number of nitrogens with one attached hydrogen (secondary N) is 2. The highest BCUT2D eigenvalue weighted by molar-refractivity contribution is 5.92. The average Bonchev–Trinajstić information content (AvgIpc) is 2.95. The molecule has 1 aliphatic carbocycles. The van der Waals surface area contributed by atoms with Crippen molar-refractivity contribution < 1.29 is 19.1 Å². The van der Waals surface area contributed by atoms with Gasteiger partial charge in [-0.2, -0.15) is 0 Å². The van der Waals surface area contributed by atoms with E-state index in [4.69, 9.17) is 11.2 Å². The van der Waals surface area contributed by atoms with Crippen LogP contribution in [0.5, 0.6) is 0 Å². The molecule has 2 aromatic carbocycles. The molecular formula is C34H45N3O4. The lowest BCUT2D eigenvalue weighted by atomic mass is 9.93. The zero-order valence-electron chi connectivity index (χ0n) is 25.1. The number of nitrogens with zero attached hydrogens (tertiary/aromatic N) is 1. The first kappa shape index (κ1) is 31.7. The first-order valence-corrected chi connectivity index (χ1v) is 14.7. The van der Waals surface area contributed by atoms with Crippen LogP contribution >= 0.6 is 0 Å². The van der Waals surface area contributed by atoms with Gasteiger partial charge in [0.15, 0.2) is 0 Å². The highest BCUT2D eigenvalue weighted by Crippen LogP contribution is 2.28. The normalized spacial score (nSPS) is 16.0. The molecule has 0 bridgehead atoms. The Hall–Kier alpha value is -3.79. The number of terminal acetylenes is 1. The molecule has 3 rings (SSSR count). The number of rotatable bonds is 10. The summed E-state index contributed by atoms with van der Waals surface area (Å²) in [4.78, 5) is 43.2. The minimum atomic E-state index is -0.948. The van der Waals surface area contributed by atoms with Gasteiger partial charge in [0.2, 0.25) is 11.8 Å². The fraction of sp³-hybridized carbons (Fsp3) is 0.500. The van der Waals surface area contributed by atoms with Gasteiger partial charge in [-0.25, -0.2) is 4.79 Å². The number of amides is 3.